The summed E-state index contributed by atoms with van der Waals surface area (Å²) < 4.78 is 25.5. The minimum absolute atomic E-state index is 0.0711. The first kappa shape index (κ1) is 28.9. The molecule has 0 spiro atoms. The number of benzene rings is 3. The minimum atomic E-state index is -1.62. The van der Waals surface area contributed by atoms with E-state index >= 15 is 0 Å². The maximum atomic E-state index is 14.0. The SMILES string of the molecule is [2H]C(Nc1cc(Cl)c2ncc(C#N)c(N[C@H](CCN3CCCCC3)c3ccccc3)c2c1)(c1ccc(F)cc1)c1cn(C2CC2)nn1. The van der Waals surface area contributed by atoms with Crippen molar-refractivity contribution >= 4 is 33.9 Å². The average Bonchev–Trinajstić information content (AvgIpc) is 3.83. The summed E-state index contributed by atoms with van der Waals surface area (Å²) in [5.41, 5.74) is 4.07. The Morgan fingerprint density at radius 2 is 1.80 bits per heavy atom. The van der Waals surface area contributed by atoms with Crippen LogP contribution in [-0.4, -0.2) is 44.5 Å². The summed E-state index contributed by atoms with van der Waals surface area (Å²) >= 11 is 6.88. The lowest BCUT2D eigenvalue weighted by atomic mass is 10.00. The van der Waals surface area contributed by atoms with Crippen LogP contribution in [0.2, 0.25) is 5.02 Å². The highest BCUT2D eigenvalue weighted by Gasteiger charge is 2.27. The molecule has 1 unspecified atom stereocenters. The fourth-order valence-corrected chi connectivity index (χ4v) is 6.47. The third kappa shape index (κ3) is 6.69. The quantitative estimate of drug-likeness (QED) is 0.152. The number of piperidine rings is 1. The van der Waals surface area contributed by atoms with Gasteiger partial charge in [0.15, 0.2) is 0 Å². The van der Waals surface area contributed by atoms with Crippen molar-refractivity contribution < 1.29 is 5.76 Å². The Kier molecular flexibility index (Phi) is 8.46. The topological polar surface area (TPSA) is 94.7 Å². The van der Waals surface area contributed by atoms with Gasteiger partial charge in [0.05, 0.1) is 47.5 Å². The summed E-state index contributed by atoms with van der Waals surface area (Å²) in [6.45, 7) is 3.14. The molecule has 1 saturated carbocycles. The number of likely N-dealkylation sites (tertiary alicyclic amines) is 1. The molecule has 7 rings (SSSR count). The first-order valence-corrected chi connectivity index (χ1v) is 16.3. The van der Waals surface area contributed by atoms with Gasteiger partial charge in [-0.25, -0.2) is 9.07 Å². The van der Waals surface area contributed by atoms with Gasteiger partial charge in [0.25, 0.3) is 0 Å². The van der Waals surface area contributed by atoms with Gasteiger partial charge in [0, 0.05) is 23.8 Å². The van der Waals surface area contributed by atoms with E-state index in [1.54, 1.807) is 35.3 Å². The van der Waals surface area contributed by atoms with E-state index in [0.29, 0.717) is 44.1 Å². The Morgan fingerprint density at radius 1 is 1.02 bits per heavy atom. The van der Waals surface area contributed by atoms with Gasteiger partial charge in [0.2, 0.25) is 0 Å². The Bertz CT molecular complexity index is 1900. The first-order valence-electron chi connectivity index (χ1n) is 16.4. The molecule has 2 atom stereocenters. The fraction of sp³-hybridized carbons (Fsp3) is 0.333. The second-order valence-corrected chi connectivity index (χ2v) is 12.5. The van der Waals surface area contributed by atoms with Crippen LogP contribution in [-0.2, 0) is 0 Å². The number of hydrogen-bond acceptors (Lipinski definition) is 7. The highest BCUT2D eigenvalue weighted by atomic mass is 35.5. The predicted octanol–water partition coefficient (Wildman–Crippen LogP) is 8.06. The number of nitrogens with one attached hydrogen (secondary N) is 2. The van der Waals surface area contributed by atoms with Crippen LogP contribution in [0.1, 0.15) is 80.4 Å². The zero-order chi connectivity index (χ0) is 32.4. The number of nitriles is 1. The lowest BCUT2D eigenvalue weighted by Gasteiger charge is -2.29. The highest BCUT2D eigenvalue weighted by molar-refractivity contribution is 6.35. The molecular weight excluding hydrogens is 599 g/mol. The van der Waals surface area contributed by atoms with Gasteiger partial charge < -0.3 is 15.5 Å². The molecule has 5 aromatic rings. The molecule has 2 N–H and O–H groups in total. The maximum absolute atomic E-state index is 14.0. The second kappa shape index (κ2) is 13.5. The van der Waals surface area contributed by atoms with E-state index in [0.717, 1.165) is 44.5 Å². The number of pyridine rings is 1. The molecule has 3 aromatic carbocycles. The van der Waals surface area contributed by atoms with Gasteiger partial charge in [-0.05, 0) is 80.6 Å². The molecule has 2 aromatic heterocycles. The number of rotatable bonds is 11. The zero-order valence-electron chi connectivity index (χ0n) is 26.5. The molecule has 0 radical (unpaired) electrons. The van der Waals surface area contributed by atoms with Crippen LogP contribution >= 0.6 is 11.6 Å². The number of aromatic nitrogens is 4. The van der Waals surface area contributed by atoms with Gasteiger partial charge in [-0.3, -0.25) is 4.98 Å². The van der Waals surface area contributed by atoms with Gasteiger partial charge in [-0.15, -0.1) is 5.10 Å². The summed E-state index contributed by atoms with van der Waals surface area (Å²) in [6, 6.07) is 20.6. The average molecular weight is 636 g/mol. The van der Waals surface area contributed by atoms with Gasteiger partial charge in [-0.2, -0.15) is 5.26 Å². The summed E-state index contributed by atoms with van der Waals surface area (Å²) in [7, 11) is 0. The number of fused-ring (bicyclic) bond motifs is 1. The molecule has 46 heavy (non-hydrogen) atoms. The minimum Gasteiger partial charge on any atom is -0.377 e. The van der Waals surface area contributed by atoms with Gasteiger partial charge >= 0.3 is 0 Å². The standard InChI is InChI=1S/C36H36ClFN8/c37-31-20-28(41-35(25-9-11-27(38)12-10-25)33-23-46(44-43-33)29-13-14-29)19-30-34(26(21-39)22-40-36(30)31)42-32(24-7-3-1-4-8-24)15-18-45-16-5-2-6-17-45/h1,3-4,7-12,19-20,22-23,29,32,35,41H,2,5-6,13-18H2,(H,40,42)/t32-,35?/m1/s1/i35D. The Balaban J connectivity index is 1.28. The number of anilines is 2. The number of nitrogens with zero attached hydrogens (tertiary/aromatic N) is 6. The van der Waals surface area contributed by atoms with Crippen LogP contribution in [0, 0.1) is 17.1 Å². The molecule has 0 amide bonds. The third-order valence-electron chi connectivity index (χ3n) is 8.84. The molecule has 2 fully saturated rings. The van der Waals surface area contributed by atoms with E-state index in [1.165, 1.54) is 31.4 Å². The fourth-order valence-electron chi connectivity index (χ4n) is 6.20. The first-order chi connectivity index (χ1) is 22.9. The Labute approximate surface area is 274 Å². The van der Waals surface area contributed by atoms with Crippen LogP contribution in [0.3, 0.4) is 0 Å². The zero-order valence-corrected chi connectivity index (χ0v) is 26.2. The van der Waals surface area contributed by atoms with Crippen LogP contribution < -0.4 is 10.6 Å². The summed E-state index contributed by atoms with van der Waals surface area (Å²) in [5, 5.41) is 27.0. The van der Waals surface area contributed by atoms with Crippen molar-refractivity contribution in [1.82, 2.24) is 24.9 Å². The molecule has 2 aliphatic rings. The van der Waals surface area contributed by atoms with Crippen molar-refractivity contribution in [1.29, 1.82) is 5.26 Å². The molecule has 1 saturated heterocycles. The van der Waals surface area contributed by atoms with Crippen LogP contribution in [0.5, 0.6) is 0 Å². The van der Waals surface area contributed by atoms with Crippen molar-refractivity contribution in [3.05, 3.63) is 112 Å². The highest BCUT2D eigenvalue weighted by Crippen LogP contribution is 2.38. The van der Waals surface area contributed by atoms with Crippen molar-refractivity contribution in [2.75, 3.05) is 30.3 Å². The molecule has 8 nitrogen and oxygen atoms in total. The molecular formula is C36H36ClFN8. The number of halogens is 2. The van der Waals surface area contributed by atoms with Crippen molar-refractivity contribution in [3.8, 4) is 6.07 Å². The third-order valence-corrected chi connectivity index (χ3v) is 9.13. The van der Waals surface area contributed by atoms with Crippen molar-refractivity contribution in [3.63, 3.8) is 0 Å². The number of hydrogen-bond donors (Lipinski definition) is 2. The van der Waals surface area contributed by atoms with E-state index in [4.69, 9.17) is 11.6 Å². The maximum Gasteiger partial charge on any atom is 0.123 e. The van der Waals surface area contributed by atoms with Gasteiger partial charge in [-0.1, -0.05) is 65.7 Å². The molecule has 3 heterocycles. The van der Waals surface area contributed by atoms with Crippen LogP contribution in [0.15, 0.2) is 79.1 Å². The monoisotopic (exact) mass is 635 g/mol. The summed E-state index contributed by atoms with van der Waals surface area (Å²) in [4.78, 5) is 7.07. The molecule has 234 valence electrons. The van der Waals surface area contributed by atoms with Crippen molar-refractivity contribution in [2.45, 2.75) is 56.6 Å². The lowest BCUT2D eigenvalue weighted by Crippen LogP contribution is -2.32. The summed E-state index contributed by atoms with van der Waals surface area (Å²) in [5.74, 6) is -0.398. The largest absolute Gasteiger partial charge is 0.377 e. The lowest BCUT2D eigenvalue weighted by molar-refractivity contribution is 0.223. The second-order valence-electron chi connectivity index (χ2n) is 12.1. The van der Waals surface area contributed by atoms with Gasteiger partial charge in [0.1, 0.15) is 17.6 Å². The Hall–Kier alpha value is -4.52. The molecule has 0 bridgehead atoms. The predicted molar refractivity (Wildman–Crippen MR) is 179 cm³/mol. The summed E-state index contributed by atoms with van der Waals surface area (Å²) in [6.07, 6.45) is 9.94. The molecule has 1 aliphatic heterocycles. The van der Waals surface area contributed by atoms with E-state index in [2.05, 4.69) is 49.0 Å². The molecule has 10 heteroatoms. The Morgan fingerprint density at radius 3 is 2.54 bits per heavy atom. The van der Waals surface area contributed by atoms with E-state index in [1.807, 2.05) is 24.3 Å². The van der Waals surface area contributed by atoms with Crippen LogP contribution in [0.4, 0.5) is 15.8 Å². The van der Waals surface area contributed by atoms with Crippen LogP contribution in [0.25, 0.3) is 10.9 Å². The van der Waals surface area contributed by atoms with Crippen molar-refractivity contribution in [2.24, 2.45) is 0 Å². The smallest absolute Gasteiger partial charge is 0.123 e. The normalized spacial score (nSPS) is 17.5. The molecule has 1 aliphatic carbocycles. The van der Waals surface area contributed by atoms with E-state index in [9.17, 15) is 11.0 Å². The van der Waals surface area contributed by atoms with E-state index in [-0.39, 0.29) is 12.1 Å². The van der Waals surface area contributed by atoms with E-state index < -0.39 is 11.8 Å².